The Morgan fingerprint density at radius 2 is 2.17 bits per heavy atom. The summed E-state index contributed by atoms with van der Waals surface area (Å²) in [6, 6.07) is 6.93. The maximum Gasteiger partial charge on any atom is 0.287 e. The highest BCUT2D eigenvalue weighted by Gasteiger charge is 2.23. The van der Waals surface area contributed by atoms with Crippen LogP contribution < -0.4 is 5.32 Å². The molecule has 1 amide bonds. The van der Waals surface area contributed by atoms with E-state index in [4.69, 9.17) is 4.42 Å². The molecule has 1 N–H and O–H groups in total. The Kier molecular flexibility index (Phi) is 4.14. The third kappa shape index (κ3) is 3.11. The zero-order chi connectivity index (χ0) is 16.4. The number of hydrogen-bond acceptors (Lipinski definition) is 4. The maximum atomic E-state index is 12.3. The molecule has 0 radical (unpaired) electrons. The molecule has 120 valence electrons. The van der Waals surface area contributed by atoms with E-state index in [1.54, 1.807) is 18.3 Å². The lowest BCUT2D eigenvalue weighted by Crippen LogP contribution is -2.31. The van der Waals surface area contributed by atoms with Gasteiger partial charge in [0.15, 0.2) is 11.4 Å². The first-order valence-electron chi connectivity index (χ1n) is 7.68. The lowest BCUT2D eigenvalue weighted by atomic mass is 10.0. The Labute approximate surface area is 134 Å². The number of furan rings is 1. The fraction of sp³-hybridized carbons (Fsp3) is 0.353. The van der Waals surface area contributed by atoms with Crippen LogP contribution in [0, 0.1) is 5.92 Å². The van der Waals surface area contributed by atoms with Gasteiger partial charge in [-0.1, -0.05) is 13.8 Å². The number of carbonyl (C=O) groups excluding carboxylic acids is 1. The van der Waals surface area contributed by atoms with Crippen LogP contribution in [-0.2, 0) is 7.05 Å². The second-order valence-electron chi connectivity index (χ2n) is 6.01. The second kappa shape index (κ2) is 6.24. The number of rotatable bonds is 5. The molecule has 0 bridgehead atoms. The molecule has 6 heteroatoms. The van der Waals surface area contributed by atoms with E-state index in [0.717, 1.165) is 23.4 Å². The highest BCUT2D eigenvalue weighted by molar-refractivity contribution is 5.91. The average Bonchev–Trinajstić information content (AvgIpc) is 3.15. The molecular formula is C17H20N4O2. The van der Waals surface area contributed by atoms with Crippen molar-refractivity contribution in [2.45, 2.75) is 26.3 Å². The smallest absolute Gasteiger partial charge is 0.287 e. The SMILES string of the molecule is CC(C)CC(NC(=O)c1ccco1)c1nc2cccnc2n1C. The van der Waals surface area contributed by atoms with Crippen LogP contribution in [0.25, 0.3) is 11.2 Å². The summed E-state index contributed by atoms with van der Waals surface area (Å²) in [4.78, 5) is 21.4. The van der Waals surface area contributed by atoms with Crippen molar-refractivity contribution >= 4 is 17.1 Å². The van der Waals surface area contributed by atoms with Gasteiger partial charge in [-0.15, -0.1) is 0 Å². The summed E-state index contributed by atoms with van der Waals surface area (Å²) < 4.78 is 7.11. The molecular weight excluding hydrogens is 292 g/mol. The number of imidazole rings is 1. The van der Waals surface area contributed by atoms with Gasteiger partial charge in [0.25, 0.3) is 5.91 Å². The Balaban J connectivity index is 1.94. The Morgan fingerprint density at radius 1 is 1.35 bits per heavy atom. The lowest BCUT2D eigenvalue weighted by molar-refractivity contribution is 0.0901. The monoisotopic (exact) mass is 312 g/mol. The number of amides is 1. The van der Waals surface area contributed by atoms with E-state index in [-0.39, 0.29) is 11.9 Å². The van der Waals surface area contributed by atoms with Gasteiger partial charge >= 0.3 is 0 Å². The van der Waals surface area contributed by atoms with Crippen LogP contribution in [0.3, 0.4) is 0 Å². The number of carbonyl (C=O) groups is 1. The van der Waals surface area contributed by atoms with Crippen LogP contribution in [0.4, 0.5) is 0 Å². The van der Waals surface area contributed by atoms with Crippen LogP contribution in [0.5, 0.6) is 0 Å². The van der Waals surface area contributed by atoms with Crippen molar-refractivity contribution in [2.75, 3.05) is 0 Å². The van der Waals surface area contributed by atoms with Crippen molar-refractivity contribution in [3.05, 3.63) is 48.3 Å². The number of nitrogens with zero attached hydrogens (tertiary/aromatic N) is 3. The molecule has 0 aliphatic rings. The molecule has 0 aliphatic carbocycles. The zero-order valence-corrected chi connectivity index (χ0v) is 13.5. The number of fused-ring (bicyclic) bond motifs is 1. The van der Waals surface area contributed by atoms with Crippen LogP contribution in [0.1, 0.15) is 42.7 Å². The Morgan fingerprint density at radius 3 is 2.83 bits per heavy atom. The largest absolute Gasteiger partial charge is 0.459 e. The molecule has 0 saturated carbocycles. The average molecular weight is 312 g/mol. The van der Waals surface area contributed by atoms with Crippen molar-refractivity contribution in [3.8, 4) is 0 Å². The fourth-order valence-corrected chi connectivity index (χ4v) is 2.69. The predicted molar refractivity (Wildman–Crippen MR) is 86.9 cm³/mol. The van der Waals surface area contributed by atoms with E-state index in [1.165, 1.54) is 6.26 Å². The summed E-state index contributed by atoms with van der Waals surface area (Å²) in [5, 5.41) is 3.03. The molecule has 3 rings (SSSR count). The van der Waals surface area contributed by atoms with Gasteiger partial charge < -0.3 is 14.3 Å². The van der Waals surface area contributed by atoms with Gasteiger partial charge in [0.2, 0.25) is 0 Å². The van der Waals surface area contributed by atoms with Gasteiger partial charge in [-0.2, -0.15) is 0 Å². The summed E-state index contributed by atoms with van der Waals surface area (Å²) in [6.07, 6.45) is 4.02. The maximum absolute atomic E-state index is 12.3. The topological polar surface area (TPSA) is 73.0 Å². The van der Waals surface area contributed by atoms with Crippen LogP contribution in [-0.4, -0.2) is 20.4 Å². The van der Waals surface area contributed by atoms with E-state index in [0.29, 0.717) is 11.7 Å². The Bertz CT molecular complexity index is 805. The third-order valence-corrected chi connectivity index (χ3v) is 3.73. The lowest BCUT2D eigenvalue weighted by Gasteiger charge is -2.19. The molecule has 1 atom stereocenters. The first kappa shape index (κ1) is 15.3. The van der Waals surface area contributed by atoms with Crippen LogP contribution in [0.15, 0.2) is 41.1 Å². The number of aryl methyl sites for hydroxylation is 1. The normalized spacial score (nSPS) is 12.7. The van der Waals surface area contributed by atoms with Gasteiger partial charge in [-0.3, -0.25) is 4.79 Å². The molecule has 6 nitrogen and oxygen atoms in total. The second-order valence-corrected chi connectivity index (χ2v) is 6.01. The van der Waals surface area contributed by atoms with Gasteiger partial charge in [0.05, 0.1) is 12.3 Å². The first-order valence-corrected chi connectivity index (χ1v) is 7.68. The van der Waals surface area contributed by atoms with Gasteiger partial charge in [-0.25, -0.2) is 9.97 Å². The standard InChI is InChI=1S/C17H20N4O2/c1-11(2)10-13(20-17(22)14-7-5-9-23-14)16-19-12-6-4-8-18-15(12)21(16)3/h4-9,11,13H,10H2,1-3H3,(H,20,22). The molecule has 23 heavy (non-hydrogen) atoms. The van der Waals surface area contributed by atoms with Gasteiger partial charge in [0.1, 0.15) is 11.3 Å². The molecule has 0 saturated heterocycles. The van der Waals surface area contributed by atoms with Gasteiger partial charge in [0, 0.05) is 13.2 Å². The van der Waals surface area contributed by atoms with Gasteiger partial charge in [-0.05, 0) is 36.6 Å². The summed E-state index contributed by atoms with van der Waals surface area (Å²) in [5.74, 6) is 1.27. The quantitative estimate of drug-likeness (QED) is 0.786. The molecule has 0 aromatic carbocycles. The number of aromatic nitrogens is 3. The first-order chi connectivity index (χ1) is 11.1. The third-order valence-electron chi connectivity index (χ3n) is 3.73. The summed E-state index contributed by atoms with van der Waals surface area (Å²) in [6.45, 7) is 4.24. The summed E-state index contributed by atoms with van der Waals surface area (Å²) in [7, 11) is 1.92. The van der Waals surface area contributed by atoms with Crippen molar-refractivity contribution in [2.24, 2.45) is 13.0 Å². The minimum atomic E-state index is -0.235. The molecule has 3 heterocycles. The molecule has 3 aromatic heterocycles. The van der Waals surface area contributed by atoms with E-state index < -0.39 is 0 Å². The molecule has 0 fully saturated rings. The van der Waals surface area contributed by atoms with Crippen molar-refractivity contribution in [1.29, 1.82) is 0 Å². The Hall–Kier alpha value is -2.63. The number of hydrogen-bond donors (Lipinski definition) is 1. The van der Waals surface area contributed by atoms with E-state index >= 15 is 0 Å². The predicted octanol–water partition coefficient (Wildman–Crippen LogP) is 3.08. The highest BCUT2D eigenvalue weighted by Crippen LogP contribution is 2.24. The summed E-state index contributed by atoms with van der Waals surface area (Å²) >= 11 is 0. The highest BCUT2D eigenvalue weighted by atomic mass is 16.3. The van der Waals surface area contributed by atoms with Crippen molar-refractivity contribution in [1.82, 2.24) is 19.9 Å². The minimum absolute atomic E-state index is 0.202. The minimum Gasteiger partial charge on any atom is -0.459 e. The number of pyridine rings is 1. The summed E-state index contributed by atoms with van der Waals surface area (Å²) in [5.41, 5.74) is 1.63. The van der Waals surface area contributed by atoms with E-state index in [1.807, 2.05) is 23.7 Å². The molecule has 1 unspecified atom stereocenters. The molecule has 0 spiro atoms. The van der Waals surface area contributed by atoms with Crippen molar-refractivity contribution < 1.29 is 9.21 Å². The van der Waals surface area contributed by atoms with Crippen LogP contribution in [0.2, 0.25) is 0 Å². The van der Waals surface area contributed by atoms with Crippen molar-refractivity contribution in [3.63, 3.8) is 0 Å². The van der Waals surface area contributed by atoms with Crippen LogP contribution >= 0.6 is 0 Å². The van der Waals surface area contributed by atoms with E-state index in [9.17, 15) is 4.79 Å². The van der Waals surface area contributed by atoms with E-state index in [2.05, 4.69) is 29.1 Å². The number of nitrogens with one attached hydrogen (secondary N) is 1. The fourth-order valence-electron chi connectivity index (χ4n) is 2.69. The zero-order valence-electron chi connectivity index (χ0n) is 13.5. The molecule has 0 aliphatic heterocycles. The molecule has 3 aromatic rings.